The molecule has 0 radical (unpaired) electrons. The van der Waals surface area contributed by atoms with Crippen LogP contribution < -0.4 is 10.6 Å². The van der Waals surface area contributed by atoms with Gasteiger partial charge in [0.25, 0.3) is 0 Å². The van der Waals surface area contributed by atoms with Crippen LogP contribution in [0.15, 0.2) is 17.6 Å². The van der Waals surface area contributed by atoms with Gasteiger partial charge >= 0.3 is 0 Å². The van der Waals surface area contributed by atoms with E-state index in [4.69, 9.17) is 4.74 Å². The molecule has 0 heterocycles. The molecule has 0 aliphatic heterocycles. The van der Waals surface area contributed by atoms with Gasteiger partial charge in [-0.25, -0.2) is 0 Å². The highest BCUT2D eigenvalue weighted by Gasteiger charge is 2.12. The van der Waals surface area contributed by atoms with Crippen LogP contribution in [0.4, 0.5) is 0 Å². The summed E-state index contributed by atoms with van der Waals surface area (Å²) >= 11 is 0. The third-order valence-corrected chi connectivity index (χ3v) is 3.16. The summed E-state index contributed by atoms with van der Waals surface area (Å²) < 4.78 is 5.86. The number of nitrogens with zero attached hydrogens (tertiary/aromatic N) is 1. The summed E-state index contributed by atoms with van der Waals surface area (Å²) in [5, 5.41) is 6.39. The minimum atomic E-state index is 0.511. The number of hydrogen-bond donors (Lipinski definition) is 2. The topological polar surface area (TPSA) is 45.7 Å². The van der Waals surface area contributed by atoms with Crippen LogP contribution >= 0.6 is 0 Å². The maximum Gasteiger partial charge on any atom is 0.191 e. The lowest BCUT2D eigenvalue weighted by atomic mass is 9.98. The summed E-state index contributed by atoms with van der Waals surface area (Å²) in [5.41, 5.74) is 0. The lowest BCUT2D eigenvalue weighted by molar-refractivity contribution is 0.0277. The van der Waals surface area contributed by atoms with E-state index in [1.165, 1.54) is 32.1 Å². The molecule has 4 heteroatoms. The molecule has 0 atom stereocenters. The Balaban J connectivity index is 1.98. The van der Waals surface area contributed by atoms with Gasteiger partial charge in [-0.05, 0) is 19.3 Å². The van der Waals surface area contributed by atoms with Gasteiger partial charge in [-0.1, -0.05) is 25.3 Å². The van der Waals surface area contributed by atoms with Gasteiger partial charge < -0.3 is 15.4 Å². The molecule has 0 aromatic rings. The van der Waals surface area contributed by atoms with Gasteiger partial charge in [0.2, 0.25) is 0 Å². The quantitative estimate of drug-likeness (QED) is 0.316. The Bertz CT molecular complexity index is 247. The molecule has 18 heavy (non-hydrogen) atoms. The number of rotatable bonds is 7. The maximum absolute atomic E-state index is 5.86. The molecule has 0 bridgehead atoms. The van der Waals surface area contributed by atoms with Crippen molar-refractivity contribution >= 4 is 5.96 Å². The minimum Gasteiger partial charge on any atom is -0.378 e. The molecule has 1 aliphatic carbocycles. The van der Waals surface area contributed by atoms with Crippen LogP contribution in [0, 0.1) is 0 Å². The molecule has 0 amide bonds. The SMILES string of the molecule is C=CCNC(=NC)NCCCOC1CCCCC1. The number of guanidine groups is 1. The van der Waals surface area contributed by atoms with Crippen molar-refractivity contribution in [3.05, 3.63) is 12.7 Å². The van der Waals surface area contributed by atoms with Gasteiger partial charge in [0, 0.05) is 26.7 Å². The molecule has 104 valence electrons. The highest BCUT2D eigenvalue weighted by atomic mass is 16.5. The fraction of sp³-hybridized carbons (Fsp3) is 0.786. The molecule has 0 spiro atoms. The summed E-state index contributed by atoms with van der Waals surface area (Å²) in [4.78, 5) is 4.12. The Morgan fingerprint density at radius 3 is 2.78 bits per heavy atom. The molecule has 4 nitrogen and oxygen atoms in total. The first-order valence-corrected chi connectivity index (χ1v) is 7.04. The van der Waals surface area contributed by atoms with Crippen molar-refractivity contribution in [2.45, 2.75) is 44.6 Å². The van der Waals surface area contributed by atoms with Gasteiger partial charge in [-0.2, -0.15) is 0 Å². The Kier molecular flexibility index (Phi) is 8.30. The van der Waals surface area contributed by atoms with Crippen LogP contribution in [-0.4, -0.2) is 38.8 Å². The van der Waals surface area contributed by atoms with Crippen LogP contribution in [-0.2, 0) is 4.74 Å². The van der Waals surface area contributed by atoms with Crippen LogP contribution in [0.3, 0.4) is 0 Å². The zero-order valence-corrected chi connectivity index (χ0v) is 11.6. The fourth-order valence-corrected chi connectivity index (χ4v) is 2.15. The number of aliphatic imine (C=N–C) groups is 1. The van der Waals surface area contributed by atoms with Crippen molar-refractivity contribution in [3.63, 3.8) is 0 Å². The number of nitrogens with one attached hydrogen (secondary N) is 2. The second kappa shape index (κ2) is 9.95. The largest absolute Gasteiger partial charge is 0.378 e. The molecule has 1 fully saturated rings. The van der Waals surface area contributed by atoms with E-state index in [2.05, 4.69) is 22.2 Å². The third-order valence-electron chi connectivity index (χ3n) is 3.16. The predicted octanol–water partition coefficient (Wildman–Crippen LogP) is 2.08. The number of ether oxygens (including phenoxy) is 1. The van der Waals surface area contributed by atoms with E-state index in [0.29, 0.717) is 6.10 Å². The van der Waals surface area contributed by atoms with Gasteiger partial charge in [0.1, 0.15) is 0 Å². The first-order valence-electron chi connectivity index (χ1n) is 7.04. The van der Waals surface area contributed by atoms with Gasteiger partial charge in [-0.3, -0.25) is 4.99 Å². The molecule has 0 aromatic carbocycles. The fourth-order valence-electron chi connectivity index (χ4n) is 2.15. The second-order valence-corrected chi connectivity index (χ2v) is 4.65. The summed E-state index contributed by atoms with van der Waals surface area (Å²) in [6, 6.07) is 0. The van der Waals surface area contributed by atoms with Crippen LogP contribution in [0.25, 0.3) is 0 Å². The van der Waals surface area contributed by atoms with Crippen molar-refractivity contribution in [1.29, 1.82) is 0 Å². The van der Waals surface area contributed by atoms with E-state index in [1.807, 2.05) is 6.08 Å². The molecule has 0 unspecified atom stereocenters. The van der Waals surface area contributed by atoms with E-state index in [1.54, 1.807) is 7.05 Å². The minimum absolute atomic E-state index is 0.511. The van der Waals surface area contributed by atoms with Crippen molar-refractivity contribution < 1.29 is 4.74 Å². The van der Waals surface area contributed by atoms with E-state index in [-0.39, 0.29) is 0 Å². The van der Waals surface area contributed by atoms with Gasteiger partial charge in [0.05, 0.1) is 6.10 Å². The Morgan fingerprint density at radius 2 is 2.11 bits per heavy atom. The summed E-state index contributed by atoms with van der Waals surface area (Å²) in [7, 11) is 1.77. The van der Waals surface area contributed by atoms with E-state index in [0.717, 1.165) is 32.1 Å². The molecule has 2 N–H and O–H groups in total. The van der Waals surface area contributed by atoms with Gasteiger partial charge in [0.15, 0.2) is 5.96 Å². The zero-order chi connectivity index (χ0) is 13.1. The average Bonchev–Trinajstić information content (AvgIpc) is 2.43. The van der Waals surface area contributed by atoms with Gasteiger partial charge in [-0.15, -0.1) is 6.58 Å². The van der Waals surface area contributed by atoms with E-state index in [9.17, 15) is 0 Å². The monoisotopic (exact) mass is 253 g/mol. The lowest BCUT2D eigenvalue weighted by Gasteiger charge is -2.22. The zero-order valence-electron chi connectivity index (χ0n) is 11.6. The summed E-state index contributed by atoms with van der Waals surface area (Å²) in [6.45, 7) is 6.13. The third kappa shape index (κ3) is 6.64. The molecule has 0 saturated heterocycles. The van der Waals surface area contributed by atoms with Crippen molar-refractivity contribution in [2.75, 3.05) is 26.7 Å². The molecular formula is C14H27N3O. The number of hydrogen-bond acceptors (Lipinski definition) is 2. The standard InChI is InChI=1S/C14H27N3O/c1-3-10-16-14(15-2)17-11-7-12-18-13-8-5-4-6-9-13/h3,13H,1,4-12H2,2H3,(H2,15,16,17). The molecular weight excluding hydrogens is 226 g/mol. The first-order chi connectivity index (χ1) is 8.86. The normalized spacial score (nSPS) is 17.5. The summed E-state index contributed by atoms with van der Waals surface area (Å²) in [6.07, 6.45) is 9.89. The summed E-state index contributed by atoms with van der Waals surface area (Å²) in [5.74, 6) is 0.826. The van der Waals surface area contributed by atoms with E-state index >= 15 is 0 Å². The Labute approximate surface area is 111 Å². The molecule has 1 saturated carbocycles. The smallest absolute Gasteiger partial charge is 0.191 e. The average molecular weight is 253 g/mol. The Hall–Kier alpha value is -1.03. The molecule has 0 aromatic heterocycles. The lowest BCUT2D eigenvalue weighted by Crippen LogP contribution is -2.38. The van der Waals surface area contributed by atoms with Crippen LogP contribution in [0.2, 0.25) is 0 Å². The van der Waals surface area contributed by atoms with Crippen LogP contribution in [0.5, 0.6) is 0 Å². The van der Waals surface area contributed by atoms with Crippen molar-refractivity contribution in [3.8, 4) is 0 Å². The van der Waals surface area contributed by atoms with Crippen LogP contribution in [0.1, 0.15) is 38.5 Å². The maximum atomic E-state index is 5.86. The first kappa shape index (κ1) is 15.0. The highest BCUT2D eigenvalue weighted by molar-refractivity contribution is 5.79. The molecule has 1 rings (SSSR count). The predicted molar refractivity (Wildman–Crippen MR) is 77.0 cm³/mol. The molecule has 1 aliphatic rings. The Morgan fingerprint density at radius 1 is 1.33 bits per heavy atom. The second-order valence-electron chi connectivity index (χ2n) is 4.65. The van der Waals surface area contributed by atoms with Crippen molar-refractivity contribution in [2.24, 2.45) is 4.99 Å². The highest BCUT2D eigenvalue weighted by Crippen LogP contribution is 2.20. The van der Waals surface area contributed by atoms with Crippen molar-refractivity contribution in [1.82, 2.24) is 10.6 Å². The van der Waals surface area contributed by atoms with E-state index < -0.39 is 0 Å².